The summed E-state index contributed by atoms with van der Waals surface area (Å²) in [6.07, 6.45) is 1.50. The smallest absolute Gasteiger partial charge is 0.265 e. The summed E-state index contributed by atoms with van der Waals surface area (Å²) in [5, 5.41) is 6.47. The lowest BCUT2D eigenvalue weighted by Gasteiger charge is -2.06. The predicted molar refractivity (Wildman–Crippen MR) is 88.2 cm³/mol. The van der Waals surface area contributed by atoms with Crippen LogP contribution in [0.15, 0.2) is 53.7 Å². The van der Waals surface area contributed by atoms with E-state index in [-0.39, 0.29) is 12.5 Å². The van der Waals surface area contributed by atoms with Crippen LogP contribution in [-0.2, 0) is 9.63 Å². The summed E-state index contributed by atoms with van der Waals surface area (Å²) in [7, 11) is 3.14. The summed E-state index contributed by atoms with van der Waals surface area (Å²) in [6.45, 7) is -0.192. The first kappa shape index (κ1) is 16.4. The van der Waals surface area contributed by atoms with Gasteiger partial charge in [0.25, 0.3) is 5.91 Å². The number of oxime groups is 1. The van der Waals surface area contributed by atoms with Gasteiger partial charge in [-0.2, -0.15) is 0 Å². The molecule has 1 N–H and O–H groups in total. The number of hydrogen-bond acceptors (Lipinski definition) is 5. The van der Waals surface area contributed by atoms with Crippen LogP contribution in [0, 0.1) is 0 Å². The Balaban J connectivity index is 1.83. The molecule has 2 aromatic carbocycles. The average Bonchev–Trinajstić information content (AvgIpc) is 2.59. The quantitative estimate of drug-likeness (QED) is 0.630. The summed E-state index contributed by atoms with van der Waals surface area (Å²) in [4.78, 5) is 16.8. The summed E-state index contributed by atoms with van der Waals surface area (Å²) in [5.74, 6) is 1.04. The largest absolute Gasteiger partial charge is 0.497 e. The number of benzene rings is 2. The second-order valence-electron chi connectivity index (χ2n) is 4.53. The van der Waals surface area contributed by atoms with Gasteiger partial charge in [0, 0.05) is 17.3 Å². The van der Waals surface area contributed by atoms with Gasteiger partial charge in [-0.15, -0.1) is 0 Å². The van der Waals surface area contributed by atoms with Crippen molar-refractivity contribution < 1.29 is 19.1 Å². The Morgan fingerprint density at radius 3 is 2.74 bits per heavy atom. The molecule has 6 nitrogen and oxygen atoms in total. The molecule has 0 aliphatic rings. The van der Waals surface area contributed by atoms with E-state index in [4.69, 9.17) is 14.3 Å². The minimum absolute atomic E-state index is 0.192. The molecule has 6 heteroatoms. The molecule has 2 rings (SSSR count). The van der Waals surface area contributed by atoms with Crippen molar-refractivity contribution in [3.63, 3.8) is 0 Å². The van der Waals surface area contributed by atoms with E-state index in [0.717, 1.165) is 5.56 Å². The molecular weight excluding hydrogens is 296 g/mol. The maximum Gasteiger partial charge on any atom is 0.265 e. The summed E-state index contributed by atoms with van der Waals surface area (Å²) in [6, 6.07) is 14.4. The maximum absolute atomic E-state index is 11.8. The molecule has 2 aromatic rings. The molecule has 120 valence electrons. The molecule has 0 heterocycles. The first-order valence-electron chi connectivity index (χ1n) is 6.95. The van der Waals surface area contributed by atoms with Crippen LogP contribution in [0.5, 0.6) is 11.5 Å². The highest BCUT2D eigenvalue weighted by atomic mass is 16.6. The monoisotopic (exact) mass is 314 g/mol. The Hall–Kier alpha value is -3.02. The van der Waals surface area contributed by atoms with Gasteiger partial charge in [0.1, 0.15) is 11.5 Å². The summed E-state index contributed by atoms with van der Waals surface area (Å²) in [5.41, 5.74) is 1.40. The number of amides is 1. The van der Waals surface area contributed by atoms with Crippen molar-refractivity contribution >= 4 is 17.8 Å². The van der Waals surface area contributed by atoms with Gasteiger partial charge in [-0.25, -0.2) is 0 Å². The molecule has 0 radical (unpaired) electrons. The standard InChI is InChI=1S/C17H18N2O4/c1-21-15-8-5-7-14(10-15)19-17(20)12-23-18-11-13-6-3-4-9-16(13)22-2/h3-11H,12H2,1-2H3,(H,19,20)/b18-11-. The SMILES string of the molecule is COc1cccc(NC(=O)CO/N=C\c2ccccc2OC)c1. The third-order valence-electron chi connectivity index (χ3n) is 2.95. The average molecular weight is 314 g/mol. The highest BCUT2D eigenvalue weighted by Crippen LogP contribution is 2.16. The van der Waals surface area contributed by atoms with Crippen LogP contribution in [0.1, 0.15) is 5.56 Å². The van der Waals surface area contributed by atoms with Crippen LogP contribution in [0.4, 0.5) is 5.69 Å². The van der Waals surface area contributed by atoms with Crippen molar-refractivity contribution in [3.8, 4) is 11.5 Å². The number of carbonyl (C=O) groups is 1. The Morgan fingerprint density at radius 2 is 1.96 bits per heavy atom. The van der Waals surface area contributed by atoms with E-state index in [1.165, 1.54) is 6.21 Å². The highest BCUT2D eigenvalue weighted by Gasteiger charge is 2.04. The molecular formula is C17H18N2O4. The van der Waals surface area contributed by atoms with Crippen molar-refractivity contribution in [2.75, 3.05) is 26.1 Å². The number of anilines is 1. The topological polar surface area (TPSA) is 69.2 Å². The minimum atomic E-state index is -0.310. The first-order valence-corrected chi connectivity index (χ1v) is 6.95. The van der Waals surface area contributed by atoms with Gasteiger partial charge in [-0.1, -0.05) is 23.4 Å². The molecule has 23 heavy (non-hydrogen) atoms. The number of ether oxygens (including phenoxy) is 2. The lowest BCUT2D eigenvalue weighted by molar-refractivity contribution is -0.120. The molecule has 0 saturated carbocycles. The summed E-state index contributed by atoms with van der Waals surface area (Å²) < 4.78 is 10.3. The van der Waals surface area contributed by atoms with Gasteiger partial charge < -0.3 is 19.6 Å². The molecule has 0 aliphatic heterocycles. The van der Waals surface area contributed by atoms with E-state index in [2.05, 4.69) is 10.5 Å². The summed E-state index contributed by atoms with van der Waals surface area (Å²) >= 11 is 0. The third-order valence-corrected chi connectivity index (χ3v) is 2.95. The Kier molecular flexibility index (Phi) is 5.99. The normalized spacial score (nSPS) is 10.3. The molecule has 0 saturated heterocycles. The molecule has 0 aromatic heterocycles. The number of rotatable bonds is 7. The molecule has 0 fully saturated rings. The Labute approximate surface area is 134 Å². The van der Waals surface area contributed by atoms with E-state index in [1.807, 2.05) is 24.3 Å². The first-order chi connectivity index (χ1) is 11.2. The predicted octanol–water partition coefficient (Wildman–Crippen LogP) is 2.69. The van der Waals surface area contributed by atoms with Crippen molar-refractivity contribution in [1.29, 1.82) is 0 Å². The number of methoxy groups -OCH3 is 2. The molecule has 0 spiro atoms. The van der Waals surface area contributed by atoms with Gasteiger partial charge in [-0.05, 0) is 24.3 Å². The number of nitrogens with zero attached hydrogens (tertiary/aromatic N) is 1. The number of carbonyl (C=O) groups excluding carboxylic acids is 1. The Bertz CT molecular complexity index is 686. The van der Waals surface area contributed by atoms with E-state index in [1.54, 1.807) is 38.5 Å². The van der Waals surface area contributed by atoms with Gasteiger partial charge in [0.15, 0.2) is 6.61 Å². The molecule has 1 amide bonds. The van der Waals surface area contributed by atoms with Crippen LogP contribution in [0.25, 0.3) is 0 Å². The number of hydrogen-bond donors (Lipinski definition) is 1. The second kappa shape index (κ2) is 8.43. The van der Waals surface area contributed by atoms with E-state index in [9.17, 15) is 4.79 Å². The van der Waals surface area contributed by atoms with Crippen LogP contribution in [0.2, 0.25) is 0 Å². The van der Waals surface area contributed by atoms with Crippen molar-refractivity contribution in [3.05, 3.63) is 54.1 Å². The van der Waals surface area contributed by atoms with Gasteiger partial charge >= 0.3 is 0 Å². The minimum Gasteiger partial charge on any atom is -0.497 e. The van der Waals surface area contributed by atoms with Crippen molar-refractivity contribution in [1.82, 2.24) is 0 Å². The molecule has 0 unspecified atom stereocenters. The third kappa shape index (κ3) is 5.03. The van der Waals surface area contributed by atoms with E-state index >= 15 is 0 Å². The fourth-order valence-electron chi connectivity index (χ4n) is 1.86. The van der Waals surface area contributed by atoms with Gasteiger partial charge in [-0.3, -0.25) is 4.79 Å². The van der Waals surface area contributed by atoms with Crippen LogP contribution < -0.4 is 14.8 Å². The zero-order valence-corrected chi connectivity index (χ0v) is 13.0. The van der Waals surface area contributed by atoms with E-state index < -0.39 is 0 Å². The van der Waals surface area contributed by atoms with Crippen molar-refractivity contribution in [2.45, 2.75) is 0 Å². The lowest BCUT2D eigenvalue weighted by atomic mass is 10.2. The molecule has 0 bridgehead atoms. The highest BCUT2D eigenvalue weighted by molar-refractivity contribution is 5.92. The van der Waals surface area contributed by atoms with Gasteiger partial charge in [0.05, 0.1) is 20.4 Å². The van der Waals surface area contributed by atoms with E-state index in [0.29, 0.717) is 17.2 Å². The zero-order valence-electron chi connectivity index (χ0n) is 13.0. The van der Waals surface area contributed by atoms with Gasteiger partial charge in [0.2, 0.25) is 0 Å². The number of nitrogens with one attached hydrogen (secondary N) is 1. The fourth-order valence-corrected chi connectivity index (χ4v) is 1.86. The molecule has 0 atom stereocenters. The Morgan fingerprint density at radius 1 is 1.13 bits per heavy atom. The maximum atomic E-state index is 11.8. The van der Waals surface area contributed by atoms with Crippen LogP contribution >= 0.6 is 0 Å². The zero-order chi connectivity index (χ0) is 16.5. The van der Waals surface area contributed by atoms with Crippen LogP contribution in [-0.4, -0.2) is 32.9 Å². The van der Waals surface area contributed by atoms with Crippen molar-refractivity contribution in [2.24, 2.45) is 5.16 Å². The second-order valence-corrected chi connectivity index (χ2v) is 4.53. The fraction of sp³-hybridized carbons (Fsp3) is 0.176. The number of para-hydroxylation sites is 1. The molecule has 0 aliphatic carbocycles. The van der Waals surface area contributed by atoms with Crippen LogP contribution in [0.3, 0.4) is 0 Å². The lowest BCUT2D eigenvalue weighted by Crippen LogP contribution is -2.16.